The van der Waals surface area contributed by atoms with Crippen LogP contribution >= 0.6 is 0 Å². The maximum Gasteiger partial charge on any atom is 0.165 e. The molecule has 0 spiro atoms. The summed E-state index contributed by atoms with van der Waals surface area (Å²) in [5.74, 6) is -0.845. The molecule has 0 unspecified atom stereocenters. The monoisotopic (exact) mass is 189 g/mol. The predicted molar refractivity (Wildman–Crippen MR) is 57.3 cm³/mol. The molecule has 1 saturated carbocycles. The second-order valence-electron chi connectivity index (χ2n) is 3.86. The highest BCUT2D eigenvalue weighted by Crippen LogP contribution is 2.26. The molecule has 0 aromatic heterocycles. The molecule has 1 aliphatic rings. The van der Waals surface area contributed by atoms with Gasteiger partial charge in [-0.3, -0.25) is 4.79 Å². The summed E-state index contributed by atoms with van der Waals surface area (Å²) >= 11 is 0. The van der Waals surface area contributed by atoms with Crippen LogP contribution in [0.5, 0.6) is 0 Å². The molecule has 74 valence electrons. The molecule has 1 aliphatic carbocycles. The normalized spacial score (nSPS) is 21.3. The third-order valence-electron chi connectivity index (χ3n) is 2.81. The van der Waals surface area contributed by atoms with Gasteiger partial charge in [-0.2, -0.15) is 0 Å². The molecule has 0 amide bonds. The molecule has 1 fully saturated rings. The molecule has 14 heavy (non-hydrogen) atoms. The highest BCUT2D eigenvalue weighted by atomic mass is 16.1. The zero-order chi connectivity index (χ0) is 10.7. The molecule has 2 rings (SSSR count). The van der Waals surface area contributed by atoms with Gasteiger partial charge in [0.25, 0.3) is 0 Å². The van der Waals surface area contributed by atoms with Gasteiger partial charge in [-0.1, -0.05) is 49.6 Å². The number of carbonyl (C=O) groups is 1. The summed E-state index contributed by atoms with van der Waals surface area (Å²) in [6.07, 6.45) is 4.65. The van der Waals surface area contributed by atoms with Gasteiger partial charge in [0.15, 0.2) is 5.78 Å². The second-order valence-corrected chi connectivity index (χ2v) is 3.86. The van der Waals surface area contributed by atoms with E-state index in [2.05, 4.69) is 0 Å². The van der Waals surface area contributed by atoms with Crippen molar-refractivity contribution in [2.45, 2.75) is 32.1 Å². The molecule has 1 aromatic rings. The van der Waals surface area contributed by atoms with Gasteiger partial charge < -0.3 is 0 Å². The van der Waals surface area contributed by atoms with Crippen LogP contribution < -0.4 is 0 Å². The summed E-state index contributed by atoms with van der Waals surface area (Å²) in [6, 6.07) is 9.24. The van der Waals surface area contributed by atoms with Crippen molar-refractivity contribution in [2.24, 2.45) is 5.89 Å². The van der Waals surface area contributed by atoms with Crippen LogP contribution in [0.2, 0.25) is 0 Å². The van der Waals surface area contributed by atoms with E-state index in [9.17, 15) is 4.79 Å². The maximum atomic E-state index is 12.1. The van der Waals surface area contributed by atoms with Crippen LogP contribution in [0.25, 0.3) is 0 Å². The molecule has 1 aromatic carbocycles. The summed E-state index contributed by atoms with van der Waals surface area (Å²) in [6.45, 7) is 0. The van der Waals surface area contributed by atoms with E-state index in [-0.39, 0.29) is 5.78 Å². The van der Waals surface area contributed by atoms with Gasteiger partial charge in [-0.05, 0) is 12.8 Å². The Morgan fingerprint density at radius 2 is 1.79 bits per heavy atom. The summed E-state index contributed by atoms with van der Waals surface area (Å²) in [7, 11) is 0. The zero-order valence-corrected chi connectivity index (χ0v) is 8.33. The van der Waals surface area contributed by atoms with E-state index in [1.165, 1.54) is 6.42 Å². The van der Waals surface area contributed by atoms with E-state index in [0.717, 1.165) is 25.7 Å². The Morgan fingerprint density at radius 1 is 1.14 bits per heavy atom. The first kappa shape index (κ1) is 8.22. The molecular weight excluding hydrogens is 172 g/mol. The van der Waals surface area contributed by atoms with E-state index >= 15 is 0 Å². The minimum absolute atomic E-state index is 0.00259. The Morgan fingerprint density at radius 3 is 2.43 bits per heavy atom. The Labute approximate surface area is 86.5 Å². The largest absolute Gasteiger partial charge is 0.294 e. The minimum atomic E-state index is -0.848. The Balaban J connectivity index is 2.20. The van der Waals surface area contributed by atoms with Crippen molar-refractivity contribution in [3.05, 3.63) is 35.9 Å². The van der Waals surface area contributed by atoms with E-state index in [1.807, 2.05) is 30.3 Å². The van der Waals surface area contributed by atoms with Crippen molar-refractivity contribution in [1.82, 2.24) is 0 Å². The van der Waals surface area contributed by atoms with Gasteiger partial charge >= 0.3 is 0 Å². The van der Waals surface area contributed by atoms with Gasteiger partial charge in [-0.25, -0.2) is 0 Å². The van der Waals surface area contributed by atoms with Crippen LogP contribution in [-0.2, 0) is 0 Å². The van der Waals surface area contributed by atoms with Crippen molar-refractivity contribution < 1.29 is 6.17 Å². The molecule has 0 atom stereocenters. The molecule has 0 N–H and O–H groups in total. The second kappa shape index (κ2) is 4.41. The Bertz CT molecular complexity index is 339. The number of hydrogen-bond donors (Lipinski definition) is 0. The molecule has 0 heterocycles. The third kappa shape index (κ3) is 2.03. The molecule has 0 aliphatic heterocycles. The summed E-state index contributed by atoms with van der Waals surface area (Å²) in [5.41, 5.74) is 0.689. The van der Waals surface area contributed by atoms with Crippen LogP contribution in [0.4, 0.5) is 0 Å². The smallest absolute Gasteiger partial charge is 0.165 e. The topological polar surface area (TPSA) is 17.1 Å². The van der Waals surface area contributed by atoms with Crippen LogP contribution in [0.3, 0.4) is 0 Å². The quantitative estimate of drug-likeness (QED) is 0.651. The standard InChI is InChI=1S/C13H16O/c14-13(11-7-3-1-4-8-11)12-9-5-2-6-10-12/h1,3-4,7-8,12H,2,5-6,9-10H2/i12D. The molecular formula is C13H16O. The first-order valence-corrected chi connectivity index (χ1v) is 5.32. The average Bonchev–Trinajstić information content (AvgIpc) is 2.30. The van der Waals surface area contributed by atoms with Gasteiger partial charge in [0, 0.05) is 12.8 Å². The van der Waals surface area contributed by atoms with Crippen molar-refractivity contribution in [3.8, 4) is 0 Å². The van der Waals surface area contributed by atoms with Crippen LogP contribution in [-0.4, -0.2) is 5.78 Å². The number of carbonyl (C=O) groups excluding carboxylic acids is 1. The number of hydrogen-bond acceptors (Lipinski definition) is 1. The van der Waals surface area contributed by atoms with Gasteiger partial charge in [0.2, 0.25) is 0 Å². The van der Waals surface area contributed by atoms with E-state index in [1.54, 1.807) is 0 Å². The minimum Gasteiger partial charge on any atom is -0.294 e. The van der Waals surface area contributed by atoms with Gasteiger partial charge in [0.1, 0.15) is 0 Å². The predicted octanol–water partition coefficient (Wildman–Crippen LogP) is 3.45. The van der Waals surface area contributed by atoms with Gasteiger partial charge in [-0.15, -0.1) is 0 Å². The van der Waals surface area contributed by atoms with E-state index < -0.39 is 5.89 Å². The van der Waals surface area contributed by atoms with Crippen molar-refractivity contribution in [2.75, 3.05) is 0 Å². The summed E-state index contributed by atoms with van der Waals surface area (Å²) < 4.78 is 8.21. The fraction of sp³-hybridized carbons (Fsp3) is 0.462. The lowest BCUT2D eigenvalue weighted by atomic mass is 9.84. The first-order valence-electron chi connectivity index (χ1n) is 5.82. The van der Waals surface area contributed by atoms with Gasteiger partial charge in [0.05, 0.1) is 0 Å². The van der Waals surface area contributed by atoms with Crippen LogP contribution in [0.1, 0.15) is 43.8 Å². The Kier molecular flexibility index (Phi) is 2.59. The Hall–Kier alpha value is -1.11. The van der Waals surface area contributed by atoms with Crippen molar-refractivity contribution in [1.29, 1.82) is 0 Å². The van der Waals surface area contributed by atoms with Crippen molar-refractivity contribution in [3.63, 3.8) is 0 Å². The van der Waals surface area contributed by atoms with Crippen molar-refractivity contribution >= 4 is 5.78 Å². The lowest BCUT2D eigenvalue weighted by Gasteiger charge is -2.20. The zero-order valence-electron chi connectivity index (χ0n) is 9.33. The number of rotatable bonds is 2. The number of Topliss-reactive ketones (excluding diaryl/α,β-unsaturated/α-hetero) is 1. The summed E-state index contributed by atoms with van der Waals surface area (Å²) in [5, 5.41) is 0. The SMILES string of the molecule is [2H]C1(C(=O)c2ccccc2)CCCCC1. The number of ketones is 1. The average molecular weight is 189 g/mol. The molecule has 0 saturated heterocycles. The fourth-order valence-electron chi connectivity index (χ4n) is 2.00. The van der Waals surface area contributed by atoms with E-state index in [4.69, 9.17) is 1.37 Å². The van der Waals surface area contributed by atoms with E-state index in [0.29, 0.717) is 5.56 Å². The maximum absolute atomic E-state index is 12.1. The number of benzene rings is 1. The first-order chi connectivity index (χ1) is 7.22. The molecule has 1 heteroatoms. The third-order valence-corrected chi connectivity index (χ3v) is 2.81. The highest BCUT2D eigenvalue weighted by Gasteiger charge is 2.21. The fourth-order valence-corrected chi connectivity index (χ4v) is 2.00. The van der Waals surface area contributed by atoms with Crippen LogP contribution in [0, 0.1) is 5.89 Å². The molecule has 1 nitrogen and oxygen atoms in total. The molecule has 0 radical (unpaired) electrons. The lowest BCUT2D eigenvalue weighted by Crippen LogP contribution is -2.17. The van der Waals surface area contributed by atoms with Crippen LogP contribution in [0.15, 0.2) is 30.3 Å². The molecule has 0 bridgehead atoms. The highest BCUT2D eigenvalue weighted by molar-refractivity contribution is 5.97. The summed E-state index contributed by atoms with van der Waals surface area (Å²) in [4.78, 5) is 12.1. The lowest BCUT2D eigenvalue weighted by molar-refractivity contribution is 0.0889.